The molecule has 0 saturated carbocycles. The highest BCUT2D eigenvalue weighted by atomic mass is 16.5. The molecular formula is C15H22N2O3. The summed E-state index contributed by atoms with van der Waals surface area (Å²) in [4.78, 5) is 14.7. The number of rotatable bonds is 5. The second kappa shape index (κ2) is 7.26. The third-order valence-corrected chi connectivity index (χ3v) is 3.51. The first kappa shape index (κ1) is 14.8. The van der Waals surface area contributed by atoms with Gasteiger partial charge in [-0.2, -0.15) is 0 Å². The maximum atomic E-state index is 12.5. The maximum Gasteiger partial charge on any atom is 0.180 e. The average molecular weight is 278 g/mol. The van der Waals surface area contributed by atoms with Gasteiger partial charge in [0, 0.05) is 13.1 Å². The molecule has 1 saturated heterocycles. The average Bonchev–Trinajstić information content (AvgIpc) is 2.75. The zero-order valence-corrected chi connectivity index (χ0v) is 12.1. The van der Waals surface area contributed by atoms with Crippen LogP contribution in [0.5, 0.6) is 11.5 Å². The van der Waals surface area contributed by atoms with Crippen LogP contribution < -0.4 is 14.8 Å². The number of carbonyl (C=O) groups excluding carboxylic acids is 1. The Morgan fingerprint density at radius 1 is 1.25 bits per heavy atom. The summed E-state index contributed by atoms with van der Waals surface area (Å²) in [7, 11) is 3.17. The minimum atomic E-state index is 0.0719. The molecular weight excluding hydrogens is 256 g/mol. The third-order valence-electron chi connectivity index (χ3n) is 3.51. The van der Waals surface area contributed by atoms with Crippen LogP contribution in [0.3, 0.4) is 0 Å². The Bertz CT molecular complexity index is 454. The van der Waals surface area contributed by atoms with Crippen molar-refractivity contribution >= 4 is 5.78 Å². The van der Waals surface area contributed by atoms with E-state index < -0.39 is 0 Å². The molecule has 1 aromatic rings. The van der Waals surface area contributed by atoms with E-state index in [0.29, 0.717) is 23.6 Å². The predicted octanol–water partition coefficient (Wildman–Crippen LogP) is 1.18. The molecule has 0 bridgehead atoms. The molecule has 0 amide bonds. The van der Waals surface area contributed by atoms with Gasteiger partial charge in [0.25, 0.3) is 0 Å². The molecule has 5 heteroatoms. The summed E-state index contributed by atoms with van der Waals surface area (Å²) in [6.07, 6.45) is 1.07. The van der Waals surface area contributed by atoms with Crippen molar-refractivity contribution in [1.29, 1.82) is 0 Å². The Morgan fingerprint density at radius 3 is 2.85 bits per heavy atom. The van der Waals surface area contributed by atoms with E-state index in [9.17, 15) is 4.79 Å². The number of benzene rings is 1. The number of nitrogens with zero attached hydrogens (tertiary/aromatic N) is 1. The van der Waals surface area contributed by atoms with Gasteiger partial charge in [-0.25, -0.2) is 0 Å². The van der Waals surface area contributed by atoms with E-state index in [1.165, 1.54) is 0 Å². The topological polar surface area (TPSA) is 50.8 Å². The lowest BCUT2D eigenvalue weighted by atomic mass is 10.1. The van der Waals surface area contributed by atoms with Crippen LogP contribution >= 0.6 is 0 Å². The van der Waals surface area contributed by atoms with Crippen LogP contribution in [0.25, 0.3) is 0 Å². The molecule has 20 heavy (non-hydrogen) atoms. The largest absolute Gasteiger partial charge is 0.497 e. The molecule has 0 unspecified atom stereocenters. The summed E-state index contributed by atoms with van der Waals surface area (Å²) in [5, 5.41) is 3.33. The number of Topliss-reactive ketones (excluding diaryl/α,β-unsaturated/α-hetero) is 1. The molecule has 1 aromatic carbocycles. The van der Waals surface area contributed by atoms with E-state index in [4.69, 9.17) is 9.47 Å². The Hall–Kier alpha value is -1.59. The van der Waals surface area contributed by atoms with Crippen molar-refractivity contribution in [2.24, 2.45) is 0 Å². The fourth-order valence-electron chi connectivity index (χ4n) is 2.38. The van der Waals surface area contributed by atoms with Gasteiger partial charge < -0.3 is 14.8 Å². The SMILES string of the molecule is COc1ccc(OC)c(C(=O)CN2CCCNCC2)c1. The highest BCUT2D eigenvalue weighted by molar-refractivity contribution is 6.00. The summed E-state index contributed by atoms with van der Waals surface area (Å²) in [6.45, 7) is 4.23. The quantitative estimate of drug-likeness (QED) is 0.820. The fourth-order valence-corrected chi connectivity index (χ4v) is 2.38. The van der Waals surface area contributed by atoms with Gasteiger partial charge in [-0.3, -0.25) is 9.69 Å². The van der Waals surface area contributed by atoms with Gasteiger partial charge in [0.1, 0.15) is 11.5 Å². The molecule has 1 N–H and O–H groups in total. The Balaban J connectivity index is 2.10. The van der Waals surface area contributed by atoms with Gasteiger partial charge in [-0.1, -0.05) is 0 Å². The summed E-state index contributed by atoms with van der Waals surface area (Å²) in [5.74, 6) is 1.35. The number of carbonyl (C=O) groups is 1. The van der Waals surface area contributed by atoms with Crippen LogP contribution in [-0.4, -0.2) is 57.6 Å². The van der Waals surface area contributed by atoms with Crippen molar-refractivity contribution in [3.8, 4) is 11.5 Å². The van der Waals surface area contributed by atoms with Crippen molar-refractivity contribution < 1.29 is 14.3 Å². The Kier molecular flexibility index (Phi) is 5.38. The molecule has 0 aliphatic carbocycles. The van der Waals surface area contributed by atoms with Gasteiger partial charge in [-0.15, -0.1) is 0 Å². The number of methoxy groups -OCH3 is 2. The molecule has 1 heterocycles. The second-order valence-corrected chi connectivity index (χ2v) is 4.87. The zero-order valence-electron chi connectivity index (χ0n) is 12.1. The first-order valence-corrected chi connectivity index (χ1v) is 6.93. The normalized spacial score (nSPS) is 16.5. The number of nitrogens with one attached hydrogen (secondary N) is 1. The van der Waals surface area contributed by atoms with Crippen molar-refractivity contribution in [3.05, 3.63) is 23.8 Å². The standard InChI is InChI=1S/C15H22N2O3/c1-19-12-4-5-15(20-2)13(10-12)14(18)11-17-8-3-6-16-7-9-17/h4-5,10,16H,3,6-9,11H2,1-2H3. The number of ketones is 1. The number of hydrogen-bond acceptors (Lipinski definition) is 5. The van der Waals surface area contributed by atoms with E-state index in [0.717, 1.165) is 32.6 Å². The molecule has 0 radical (unpaired) electrons. The predicted molar refractivity (Wildman–Crippen MR) is 77.8 cm³/mol. The maximum absolute atomic E-state index is 12.5. The number of ether oxygens (including phenoxy) is 2. The molecule has 1 fully saturated rings. The van der Waals surface area contributed by atoms with Crippen molar-refractivity contribution in [2.75, 3.05) is 46.9 Å². The minimum Gasteiger partial charge on any atom is -0.497 e. The number of hydrogen-bond donors (Lipinski definition) is 1. The van der Waals surface area contributed by atoms with Crippen LogP contribution in [0.15, 0.2) is 18.2 Å². The lowest BCUT2D eigenvalue weighted by Gasteiger charge is -2.19. The highest BCUT2D eigenvalue weighted by Gasteiger charge is 2.18. The molecule has 0 aromatic heterocycles. The molecule has 2 rings (SSSR count). The first-order chi connectivity index (χ1) is 9.74. The molecule has 110 valence electrons. The van der Waals surface area contributed by atoms with Crippen LogP contribution in [-0.2, 0) is 0 Å². The van der Waals surface area contributed by atoms with Gasteiger partial charge >= 0.3 is 0 Å². The lowest BCUT2D eigenvalue weighted by Crippen LogP contribution is -2.33. The van der Waals surface area contributed by atoms with Gasteiger partial charge in [0.2, 0.25) is 0 Å². The fraction of sp³-hybridized carbons (Fsp3) is 0.533. The van der Waals surface area contributed by atoms with Gasteiger partial charge in [0.15, 0.2) is 5.78 Å². The summed E-state index contributed by atoms with van der Waals surface area (Å²) < 4.78 is 10.5. The van der Waals surface area contributed by atoms with Gasteiger partial charge in [-0.05, 0) is 37.7 Å². The summed E-state index contributed by atoms with van der Waals surface area (Å²) >= 11 is 0. The third kappa shape index (κ3) is 3.71. The van der Waals surface area contributed by atoms with Gasteiger partial charge in [0.05, 0.1) is 26.3 Å². The summed E-state index contributed by atoms with van der Waals surface area (Å²) in [6, 6.07) is 5.32. The van der Waals surface area contributed by atoms with E-state index in [1.54, 1.807) is 32.4 Å². The summed E-state index contributed by atoms with van der Waals surface area (Å²) in [5.41, 5.74) is 0.587. The minimum absolute atomic E-state index is 0.0719. The first-order valence-electron chi connectivity index (χ1n) is 6.93. The lowest BCUT2D eigenvalue weighted by molar-refractivity contribution is 0.0931. The smallest absolute Gasteiger partial charge is 0.180 e. The van der Waals surface area contributed by atoms with Crippen molar-refractivity contribution in [1.82, 2.24) is 10.2 Å². The molecule has 0 atom stereocenters. The Morgan fingerprint density at radius 2 is 2.10 bits per heavy atom. The monoisotopic (exact) mass is 278 g/mol. The van der Waals surface area contributed by atoms with E-state index in [1.807, 2.05) is 0 Å². The second-order valence-electron chi connectivity index (χ2n) is 4.87. The van der Waals surface area contributed by atoms with Crippen LogP contribution in [0.1, 0.15) is 16.8 Å². The van der Waals surface area contributed by atoms with Crippen LogP contribution in [0, 0.1) is 0 Å². The molecule has 1 aliphatic rings. The van der Waals surface area contributed by atoms with Crippen molar-refractivity contribution in [3.63, 3.8) is 0 Å². The van der Waals surface area contributed by atoms with Crippen molar-refractivity contribution in [2.45, 2.75) is 6.42 Å². The highest BCUT2D eigenvalue weighted by Crippen LogP contribution is 2.24. The zero-order chi connectivity index (χ0) is 14.4. The van der Waals surface area contributed by atoms with E-state index in [-0.39, 0.29) is 5.78 Å². The van der Waals surface area contributed by atoms with Crippen LogP contribution in [0.2, 0.25) is 0 Å². The van der Waals surface area contributed by atoms with E-state index in [2.05, 4.69) is 10.2 Å². The molecule has 0 spiro atoms. The van der Waals surface area contributed by atoms with Crippen LogP contribution in [0.4, 0.5) is 0 Å². The Labute approximate surface area is 119 Å². The molecule has 5 nitrogen and oxygen atoms in total. The van der Waals surface area contributed by atoms with E-state index >= 15 is 0 Å². The molecule has 1 aliphatic heterocycles.